The van der Waals surface area contributed by atoms with Crippen molar-refractivity contribution in [1.82, 2.24) is 10.3 Å². The van der Waals surface area contributed by atoms with Crippen molar-refractivity contribution in [3.8, 4) is 0 Å². The summed E-state index contributed by atoms with van der Waals surface area (Å²) in [5, 5.41) is 2.71. The quantitative estimate of drug-likeness (QED) is 0.561. The minimum absolute atomic E-state index is 0.168. The summed E-state index contributed by atoms with van der Waals surface area (Å²) < 4.78 is 0. The molecule has 1 aliphatic heterocycles. The number of pyridine rings is 1. The number of rotatable bonds is 7. The van der Waals surface area contributed by atoms with Gasteiger partial charge in [0, 0.05) is 31.9 Å². The number of primary amides is 1. The Kier molecular flexibility index (Phi) is 6.26. The first kappa shape index (κ1) is 21.2. The summed E-state index contributed by atoms with van der Waals surface area (Å²) in [7, 11) is 0. The molecule has 32 heavy (non-hydrogen) atoms. The molecule has 0 aliphatic carbocycles. The second kappa shape index (κ2) is 9.43. The van der Waals surface area contributed by atoms with Crippen LogP contribution in [0, 0.1) is 0 Å². The molecular weight excluding hydrogens is 404 g/mol. The van der Waals surface area contributed by atoms with Crippen LogP contribution in [0.25, 0.3) is 0 Å². The number of nitrogens with zero attached hydrogens (tertiary/aromatic N) is 2. The van der Waals surface area contributed by atoms with Crippen LogP contribution in [0.5, 0.6) is 0 Å². The van der Waals surface area contributed by atoms with Crippen molar-refractivity contribution >= 4 is 23.3 Å². The third kappa shape index (κ3) is 4.67. The van der Waals surface area contributed by atoms with Crippen LogP contribution in [0.1, 0.15) is 27.0 Å². The van der Waals surface area contributed by atoms with Crippen molar-refractivity contribution in [2.45, 2.75) is 25.4 Å². The van der Waals surface area contributed by atoms with Gasteiger partial charge in [0.05, 0.1) is 11.3 Å². The number of Topliss-reactive ketones (excluding diaryl/α,β-unsaturated/α-hetero) is 1. The van der Waals surface area contributed by atoms with Crippen LogP contribution in [-0.4, -0.2) is 35.2 Å². The monoisotopic (exact) mass is 428 g/mol. The molecule has 1 aliphatic rings. The fourth-order valence-corrected chi connectivity index (χ4v) is 4.01. The molecule has 0 saturated carbocycles. The molecule has 2 amide bonds. The van der Waals surface area contributed by atoms with E-state index in [2.05, 4.69) is 27.3 Å². The molecule has 4 rings (SSSR count). The second-order valence-electron chi connectivity index (χ2n) is 7.78. The number of anilines is 1. The molecule has 162 valence electrons. The molecule has 2 aromatic carbocycles. The summed E-state index contributed by atoms with van der Waals surface area (Å²) in [4.78, 5) is 43.4. The predicted molar refractivity (Wildman–Crippen MR) is 121 cm³/mol. The molecule has 7 nitrogen and oxygen atoms in total. The van der Waals surface area contributed by atoms with Crippen molar-refractivity contribution < 1.29 is 14.4 Å². The maximum atomic E-state index is 13.2. The molecule has 1 aromatic heterocycles. The first-order valence-corrected chi connectivity index (χ1v) is 10.5. The van der Waals surface area contributed by atoms with E-state index in [1.165, 1.54) is 17.3 Å². The molecule has 0 bridgehead atoms. The van der Waals surface area contributed by atoms with Gasteiger partial charge in [-0.1, -0.05) is 54.6 Å². The number of aromatic nitrogens is 1. The Morgan fingerprint density at radius 2 is 1.72 bits per heavy atom. The maximum Gasteiger partial charge on any atom is 0.287 e. The number of carbonyl (C=O) groups excluding carboxylic acids is 3. The van der Waals surface area contributed by atoms with Gasteiger partial charge in [0.2, 0.25) is 5.78 Å². The van der Waals surface area contributed by atoms with Crippen LogP contribution in [0.15, 0.2) is 73.1 Å². The average Bonchev–Trinajstić information content (AvgIpc) is 2.83. The van der Waals surface area contributed by atoms with Crippen LogP contribution < -0.4 is 16.0 Å². The summed E-state index contributed by atoms with van der Waals surface area (Å²) in [6.45, 7) is 1.43. The Labute approximate surface area is 186 Å². The third-order valence-corrected chi connectivity index (χ3v) is 5.66. The number of amides is 2. The van der Waals surface area contributed by atoms with E-state index in [0.717, 1.165) is 24.2 Å². The summed E-state index contributed by atoms with van der Waals surface area (Å²) >= 11 is 0. The highest BCUT2D eigenvalue weighted by Gasteiger charge is 2.28. The fourth-order valence-electron chi connectivity index (χ4n) is 4.01. The smallest absolute Gasteiger partial charge is 0.287 e. The Hall–Kier alpha value is -4.00. The van der Waals surface area contributed by atoms with E-state index < -0.39 is 23.6 Å². The molecule has 1 atom stereocenters. The summed E-state index contributed by atoms with van der Waals surface area (Å²) in [6, 6.07) is 18.2. The van der Waals surface area contributed by atoms with Crippen LogP contribution >= 0.6 is 0 Å². The number of carbonyl (C=O) groups is 3. The molecule has 2 heterocycles. The summed E-state index contributed by atoms with van der Waals surface area (Å²) in [5.74, 6) is -2.38. The molecule has 3 N–H and O–H groups in total. The highest BCUT2D eigenvalue weighted by atomic mass is 16.2. The van der Waals surface area contributed by atoms with Crippen molar-refractivity contribution in [3.63, 3.8) is 0 Å². The van der Waals surface area contributed by atoms with Crippen LogP contribution in [0.4, 0.5) is 5.69 Å². The van der Waals surface area contributed by atoms with Gasteiger partial charge in [-0.2, -0.15) is 0 Å². The van der Waals surface area contributed by atoms with Gasteiger partial charge >= 0.3 is 0 Å². The topological polar surface area (TPSA) is 105 Å². The minimum atomic E-state index is -1.08. The number of fused-ring (bicyclic) bond motifs is 1. The number of nitrogens with one attached hydrogen (secondary N) is 1. The zero-order valence-electron chi connectivity index (χ0n) is 17.5. The zero-order valence-corrected chi connectivity index (χ0v) is 17.5. The molecular formula is C25H24N4O3. The normalized spacial score (nSPS) is 13.7. The van der Waals surface area contributed by atoms with Crippen LogP contribution in [-0.2, 0) is 29.0 Å². The number of benzene rings is 2. The molecule has 0 spiro atoms. The Morgan fingerprint density at radius 1 is 1.00 bits per heavy atom. The molecule has 0 saturated heterocycles. The first-order chi connectivity index (χ1) is 15.5. The van der Waals surface area contributed by atoms with Gasteiger partial charge in [0.25, 0.3) is 11.8 Å². The van der Waals surface area contributed by atoms with Gasteiger partial charge in [-0.25, -0.2) is 0 Å². The van der Waals surface area contributed by atoms with E-state index in [4.69, 9.17) is 5.73 Å². The van der Waals surface area contributed by atoms with E-state index in [-0.39, 0.29) is 6.42 Å². The van der Waals surface area contributed by atoms with Gasteiger partial charge in [-0.15, -0.1) is 0 Å². The molecule has 1 unspecified atom stereocenters. The van der Waals surface area contributed by atoms with E-state index in [1.54, 1.807) is 12.3 Å². The lowest BCUT2D eigenvalue weighted by Crippen LogP contribution is -2.47. The van der Waals surface area contributed by atoms with Gasteiger partial charge in [-0.05, 0) is 29.2 Å². The fraction of sp³-hybridized carbons (Fsp3) is 0.200. The van der Waals surface area contributed by atoms with Gasteiger partial charge in [0.1, 0.15) is 6.04 Å². The highest BCUT2D eigenvalue weighted by molar-refractivity contribution is 6.38. The summed E-state index contributed by atoms with van der Waals surface area (Å²) in [6.07, 6.45) is 4.17. The van der Waals surface area contributed by atoms with E-state index in [0.29, 0.717) is 12.1 Å². The van der Waals surface area contributed by atoms with E-state index >= 15 is 0 Å². The predicted octanol–water partition coefficient (Wildman–Crippen LogP) is 2.04. The number of hydrogen-bond donors (Lipinski definition) is 2. The largest absolute Gasteiger partial charge is 0.366 e. The lowest BCUT2D eigenvalue weighted by atomic mass is 9.98. The molecule has 7 heteroatoms. The van der Waals surface area contributed by atoms with Gasteiger partial charge in [-0.3, -0.25) is 19.4 Å². The van der Waals surface area contributed by atoms with Crippen LogP contribution in [0.2, 0.25) is 0 Å². The van der Waals surface area contributed by atoms with Crippen LogP contribution in [0.3, 0.4) is 0 Å². The number of nitrogens with two attached hydrogens (primary N) is 1. The maximum absolute atomic E-state index is 13.2. The Bertz CT molecular complexity index is 1150. The average molecular weight is 428 g/mol. The number of ketones is 1. The third-order valence-electron chi connectivity index (χ3n) is 5.66. The van der Waals surface area contributed by atoms with E-state index in [9.17, 15) is 14.4 Å². The standard InChI is InChI=1S/C25H24N4O3/c26-24(31)23(30)21(14-17-6-2-1-3-7-17)28-25(32)20-15-27-12-10-22(20)29-13-11-18-8-4-5-9-19(18)16-29/h1-10,12,15,21H,11,13-14,16H2,(H2,26,31)(H,28,32). The Balaban J connectivity index is 1.57. The molecule has 0 fully saturated rings. The van der Waals surface area contributed by atoms with Crippen molar-refractivity contribution in [1.29, 1.82) is 0 Å². The lowest BCUT2D eigenvalue weighted by Gasteiger charge is -2.32. The van der Waals surface area contributed by atoms with Crippen molar-refractivity contribution in [3.05, 3.63) is 95.3 Å². The van der Waals surface area contributed by atoms with Gasteiger partial charge < -0.3 is 16.0 Å². The zero-order chi connectivity index (χ0) is 22.5. The number of hydrogen-bond acceptors (Lipinski definition) is 5. The van der Waals surface area contributed by atoms with Crippen molar-refractivity contribution in [2.75, 3.05) is 11.4 Å². The molecule has 3 aromatic rings. The summed E-state index contributed by atoms with van der Waals surface area (Å²) in [5.41, 5.74) is 9.65. The SMILES string of the molecule is NC(=O)C(=O)C(Cc1ccccc1)NC(=O)c1cnccc1N1CCc2ccccc2C1. The second-order valence-corrected chi connectivity index (χ2v) is 7.78. The molecule has 0 radical (unpaired) electrons. The lowest BCUT2D eigenvalue weighted by molar-refractivity contribution is -0.137. The van der Waals surface area contributed by atoms with E-state index in [1.807, 2.05) is 42.5 Å². The van der Waals surface area contributed by atoms with Crippen molar-refractivity contribution in [2.24, 2.45) is 5.73 Å². The Morgan fingerprint density at radius 3 is 2.47 bits per heavy atom. The first-order valence-electron chi connectivity index (χ1n) is 10.5. The highest BCUT2D eigenvalue weighted by Crippen LogP contribution is 2.27. The minimum Gasteiger partial charge on any atom is -0.366 e. The van der Waals surface area contributed by atoms with Gasteiger partial charge in [0.15, 0.2) is 0 Å².